The molecule has 1 aliphatic heterocycles. The summed E-state index contributed by atoms with van der Waals surface area (Å²) in [6.07, 6.45) is 3.17. The number of aliphatic hydroxyl groups is 1. The Balaban J connectivity index is 1.57. The summed E-state index contributed by atoms with van der Waals surface area (Å²) in [5, 5.41) is 9.92. The Labute approximate surface area is 234 Å². The molecule has 4 aromatic rings. The highest BCUT2D eigenvalue weighted by Gasteiger charge is 2.31. The van der Waals surface area contributed by atoms with E-state index >= 15 is 0 Å². The van der Waals surface area contributed by atoms with Crippen LogP contribution in [-0.2, 0) is 29.2 Å². The van der Waals surface area contributed by atoms with Crippen molar-refractivity contribution in [3.63, 3.8) is 0 Å². The average Bonchev–Trinajstić information content (AvgIpc) is 3.01. The van der Waals surface area contributed by atoms with Gasteiger partial charge in [0, 0.05) is 31.0 Å². The van der Waals surface area contributed by atoms with Crippen LogP contribution in [-0.4, -0.2) is 29.2 Å². The van der Waals surface area contributed by atoms with E-state index in [4.69, 9.17) is 18.9 Å². The van der Waals surface area contributed by atoms with Crippen LogP contribution >= 0.6 is 0 Å². The van der Waals surface area contributed by atoms with E-state index in [0.717, 1.165) is 36.0 Å². The SMILES string of the molecule is O=c1ccn(CCO)c(C(OC2CCCCO2)c2ccccc2OCc2ccccc2)c1OCc1ccccc1. The summed E-state index contributed by atoms with van der Waals surface area (Å²) in [7, 11) is 0. The van der Waals surface area contributed by atoms with Crippen molar-refractivity contribution in [2.24, 2.45) is 0 Å². The summed E-state index contributed by atoms with van der Waals surface area (Å²) < 4.78 is 27.0. The highest BCUT2D eigenvalue weighted by molar-refractivity contribution is 5.43. The molecule has 0 radical (unpaired) electrons. The molecule has 1 fully saturated rings. The Kier molecular flexibility index (Phi) is 9.63. The van der Waals surface area contributed by atoms with Crippen molar-refractivity contribution in [2.75, 3.05) is 13.2 Å². The standard InChI is InChI=1S/C33H35NO6/c35-21-20-34-19-18-28(36)33(39-24-26-13-5-2-6-14-26)31(34)32(40-30-17-9-10-22-37-30)27-15-7-8-16-29(27)38-23-25-11-3-1-4-12-25/h1-8,11-16,18-19,30,32,35H,9-10,17,20-24H2. The largest absolute Gasteiger partial charge is 0.489 e. The van der Waals surface area contributed by atoms with Gasteiger partial charge in [0.2, 0.25) is 5.43 Å². The molecule has 7 heteroatoms. The number of pyridine rings is 1. The zero-order chi connectivity index (χ0) is 27.6. The molecule has 2 heterocycles. The fourth-order valence-electron chi connectivity index (χ4n) is 4.84. The monoisotopic (exact) mass is 541 g/mol. The Bertz CT molecular complexity index is 1400. The molecular formula is C33H35NO6. The van der Waals surface area contributed by atoms with Gasteiger partial charge in [-0.05, 0) is 36.5 Å². The lowest BCUT2D eigenvalue weighted by molar-refractivity contribution is -0.183. The quantitative estimate of drug-likeness (QED) is 0.250. The van der Waals surface area contributed by atoms with Crippen molar-refractivity contribution in [2.45, 2.75) is 51.4 Å². The van der Waals surface area contributed by atoms with Crippen LogP contribution in [0.2, 0.25) is 0 Å². The molecular weight excluding hydrogens is 506 g/mol. The van der Waals surface area contributed by atoms with Gasteiger partial charge in [-0.15, -0.1) is 0 Å². The normalized spacial score (nSPS) is 15.9. The number of para-hydroxylation sites is 1. The molecule has 0 amide bonds. The highest BCUT2D eigenvalue weighted by atomic mass is 16.7. The molecule has 0 aliphatic carbocycles. The first kappa shape index (κ1) is 27.6. The van der Waals surface area contributed by atoms with E-state index in [0.29, 0.717) is 24.7 Å². The van der Waals surface area contributed by atoms with Crippen LogP contribution in [0.4, 0.5) is 0 Å². The summed E-state index contributed by atoms with van der Waals surface area (Å²) in [5.74, 6) is 0.812. The molecule has 208 valence electrons. The zero-order valence-electron chi connectivity index (χ0n) is 22.5. The first-order valence-electron chi connectivity index (χ1n) is 13.8. The first-order chi connectivity index (χ1) is 19.7. The van der Waals surface area contributed by atoms with Crippen LogP contribution in [0.5, 0.6) is 11.5 Å². The topological polar surface area (TPSA) is 79.2 Å². The predicted molar refractivity (Wildman–Crippen MR) is 152 cm³/mol. The van der Waals surface area contributed by atoms with Crippen molar-refractivity contribution < 1.29 is 24.1 Å². The minimum atomic E-state index is -0.749. The van der Waals surface area contributed by atoms with E-state index in [-0.39, 0.29) is 30.9 Å². The van der Waals surface area contributed by atoms with Crippen LogP contribution in [0.25, 0.3) is 0 Å². The lowest BCUT2D eigenvalue weighted by Crippen LogP contribution is -2.29. The fraction of sp³-hybridized carbons (Fsp3) is 0.303. The molecule has 2 atom stereocenters. The van der Waals surface area contributed by atoms with E-state index in [1.165, 1.54) is 6.07 Å². The summed E-state index contributed by atoms with van der Waals surface area (Å²) >= 11 is 0. The third-order valence-corrected chi connectivity index (χ3v) is 6.85. The van der Waals surface area contributed by atoms with Gasteiger partial charge in [-0.2, -0.15) is 0 Å². The maximum absolute atomic E-state index is 13.3. The van der Waals surface area contributed by atoms with Crippen LogP contribution < -0.4 is 14.9 Å². The predicted octanol–water partition coefficient (Wildman–Crippen LogP) is 5.63. The molecule has 0 spiro atoms. The van der Waals surface area contributed by atoms with Crippen molar-refractivity contribution in [3.05, 3.63) is 130 Å². The van der Waals surface area contributed by atoms with Gasteiger partial charge >= 0.3 is 0 Å². The molecule has 7 nitrogen and oxygen atoms in total. The molecule has 1 aliphatic rings. The maximum Gasteiger partial charge on any atom is 0.223 e. The van der Waals surface area contributed by atoms with Crippen molar-refractivity contribution in [3.8, 4) is 11.5 Å². The molecule has 0 bridgehead atoms. The lowest BCUT2D eigenvalue weighted by Gasteiger charge is -2.31. The van der Waals surface area contributed by atoms with Gasteiger partial charge in [0.15, 0.2) is 12.0 Å². The molecule has 0 saturated carbocycles. The zero-order valence-corrected chi connectivity index (χ0v) is 22.5. The first-order valence-corrected chi connectivity index (χ1v) is 13.8. The smallest absolute Gasteiger partial charge is 0.223 e. The molecule has 5 rings (SSSR count). The Morgan fingerprint density at radius 2 is 1.52 bits per heavy atom. The number of hydrogen-bond acceptors (Lipinski definition) is 6. The van der Waals surface area contributed by atoms with Crippen molar-refractivity contribution in [1.82, 2.24) is 4.57 Å². The summed E-state index contributed by atoms with van der Waals surface area (Å²) in [6.45, 7) is 1.34. The minimum absolute atomic E-state index is 0.118. The van der Waals surface area contributed by atoms with Gasteiger partial charge in [0.05, 0.1) is 12.3 Å². The number of aliphatic hydroxyl groups excluding tert-OH is 1. The molecule has 1 N–H and O–H groups in total. The molecule has 1 aromatic heterocycles. The molecule has 1 saturated heterocycles. The minimum Gasteiger partial charge on any atom is -0.489 e. The van der Waals surface area contributed by atoms with E-state index in [1.54, 1.807) is 6.20 Å². The number of benzene rings is 3. The summed E-state index contributed by atoms with van der Waals surface area (Å²) in [4.78, 5) is 13.3. The van der Waals surface area contributed by atoms with E-state index < -0.39 is 12.4 Å². The number of aromatic nitrogens is 1. The number of nitrogens with zero attached hydrogens (tertiary/aromatic N) is 1. The Morgan fingerprint density at radius 1 is 0.850 bits per heavy atom. The van der Waals surface area contributed by atoms with Gasteiger partial charge in [-0.3, -0.25) is 4.79 Å². The van der Waals surface area contributed by atoms with Crippen LogP contribution in [0.3, 0.4) is 0 Å². The van der Waals surface area contributed by atoms with E-state index in [2.05, 4.69) is 0 Å². The van der Waals surface area contributed by atoms with Crippen molar-refractivity contribution in [1.29, 1.82) is 0 Å². The van der Waals surface area contributed by atoms with Gasteiger partial charge in [-0.25, -0.2) is 0 Å². The highest BCUT2D eigenvalue weighted by Crippen LogP contribution is 2.38. The summed E-state index contributed by atoms with van der Waals surface area (Å²) in [5.41, 5.74) is 2.97. The lowest BCUT2D eigenvalue weighted by atomic mass is 10.0. The number of rotatable bonds is 12. The third kappa shape index (κ3) is 6.99. The van der Waals surface area contributed by atoms with E-state index in [9.17, 15) is 9.90 Å². The second-order valence-electron chi connectivity index (χ2n) is 9.71. The van der Waals surface area contributed by atoms with Crippen LogP contribution in [0, 0.1) is 0 Å². The van der Waals surface area contributed by atoms with Gasteiger partial charge in [0.25, 0.3) is 0 Å². The molecule has 2 unspecified atom stereocenters. The van der Waals surface area contributed by atoms with Crippen molar-refractivity contribution >= 4 is 0 Å². The number of hydrogen-bond donors (Lipinski definition) is 1. The second-order valence-corrected chi connectivity index (χ2v) is 9.71. The molecule has 40 heavy (non-hydrogen) atoms. The third-order valence-electron chi connectivity index (χ3n) is 6.85. The number of ether oxygens (including phenoxy) is 4. The van der Waals surface area contributed by atoms with Crippen LogP contribution in [0.1, 0.15) is 47.8 Å². The Hall–Kier alpha value is -3.91. The van der Waals surface area contributed by atoms with Crippen LogP contribution in [0.15, 0.2) is 102 Å². The van der Waals surface area contributed by atoms with Gasteiger partial charge in [0.1, 0.15) is 25.1 Å². The van der Waals surface area contributed by atoms with Gasteiger partial charge in [-0.1, -0.05) is 78.9 Å². The second kappa shape index (κ2) is 13.9. The van der Waals surface area contributed by atoms with Gasteiger partial charge < -0.3 is 28.6 Å². The van der Waals surface area contributed by atoms with E-state index in [1.807, 2.05) is 89.5 Å². The Morgan fingerprint density at radius 3 is 2.20 bits per heavy atom. The maximum atomic E-state index is 13.3. The fourth-order valence-corrected chi connectivity index (χ4v) is 4.84. The average molecular weight is 542 g/mol. The molecule has 3 aromatic carbocycles. The summed E-state index contributed by atoms with van der Waals surface area (Å²) in [6, 6.07) is 28.8.